The van der Waals surface area contributed by atoms with Gasteiger partial charge in [-0.3, -0.25) is 14.4 Å². The average Bonchev–Trinajstić information content (AvgIpc) is 3.03. The smallest absolute Gasteiger partial charge is 0.306 e. The first-order valence-corrected chi connectivity index (χ1v) is 17.4. The van der Waals surface area contributed by atoms with Gasteiger partial charge in [-0.05, 0) is 45.4 Å². The fraction of sp³-hybridized carbons (Fsp3) is 0.853. The van der Waals surface area contributed by atoms with E-state index >= 15 is 0 Å². The van der Waals surface area contributed by atoms with Crippen LogP contribution in [0, 0.1) is 0 Å². The van der Waals surface area contributed by atoms with Gasteiger partial charge < -0.3 is 53.6 Å². The Kier molecular flexibility index (Phi) is 17.7. The van der Waals surface area contributed by atoms with Crippen molar-refractivity contribution >= 4 is 17.9 Å². The summed E-state index contributed by atoms with van der Waals surface area (Å²) < 4.78 is 39.6. The Hall–Kier alpha value is -2.17. The van der Waals surface area contributed by atoms with E-state index in [1.54, 1.807) is 0 Å². The third-order valence-electron chi connectivity index (χ3n) is 8.76. The number of esters is 3. The van der Waals surface area contributed by atoms with Crippen LogP contribution in [-0.2, 0) is 47.5 Å². The minimum atomic E-state index is -1.79. The van der Waals surface area contributed by atoms with Crippen LogP contribution in [0.2, 0.25) is 0 Å². The summed E-state index contributed by atoms with van der Waals surface area (Å²) in [5, 5.41) is 44.2. The molecular formula is C34H56O14. The molecule has 2 fully saturated rings. The minimum absolute atomic E-state index is 0.0919. The molecule has 4 aliphatic rings. The maximum absolute atomic E-state index is 12.7. The van der Waals surface area contributed by atoms with Crippen molar-refractivity contribution in [1.82, 2.24) is 0 Å². The van der Waals surface area contributed by atoms with E-state index < -0.39 is 85.9 Å². The quantitative estimate of drug-likeness (QED) is 0.191. The molecule has 0 aliphatic carbocycles. The number of carbonyl (C=O) groups is 3. The molecule has 0 aromatic carbocycles. The van der Waals surface area contributed by atoms with Crippen molar-refractivity contribution in [2.45, 2.75) is 172 Å². The van der Waals surface area contributed by atoms with Gasteiger partial charge in [0.1, 0.15) is 55.9 Å². The number of allylic oxidation sites excluding steroid dienone is 2. The van der Waals surface area contributed by atoms with Crippen LogP contribution in [0.3, 0.4) is 0 Å². The molecule has 11 atom stereocenters. The molecule has 0 aromatic rings. The van der Waals surface area contributed by atoms with E-state index in [-0.39, 0.29) is 19.1 Å². The third kappa shape index (κ3) is 13.3. The molecule has 0 amide bonds. The first kappa shape index (κ1) is 40.3. The second kappa shape index (κ2) is 21.1. The number of rotatable bonds is 4. The van der Waals surface area contributed by atoms with E-state index in [1.807, 2.05) is 6.92 Å². The topological polar surface area (TPSA) is 197 Å². The molecule has 0 spiro atoms. The van der Waals surface area contributed by atoms with Crippen LogP contribution in [0.15, 0.2) is 12.2 Å². The van der Waals surface area contributed by atoms with Gasteiger partial charge in [-0.15, -0.1) is 0 Å². The number of fused-ring (bicyclic) bond motifs is 19. The van der Waals surface area contributed by atoms with E-state index in [4.69, 9.17) is 33.2 Å². The van der Waals surface area contributed by atoms with Crippen molar-refractivity contribution in [2.24, 2.45) is 0 Å². The Balaban J connectivity index is 1.81. The van der Waals surface area contributed by atoms with Crippen LogP contribution in [0.5, 0.6) is 0 Å². The summed E-state index contributed by atoms with van der Waals surface area (Å²) in [6, 6.07) is 0. The van der Waals surface area contributed by atoms with Gasteiger partial charge in [0.15, 0.2) is 18.7 Å². The normalized spacial score (nSPS) is 37.8. The van der Waals surface area contributed by atoms with Crippen molar-refractivity contribution in [3.05, 3.63) is 12.2 Å². The number of ether oxygens (including phenoxy) is 7. The van der Waals surface area contributed by atoms with Crippen molar-refractivity contribution in [1.29, 1.82) is 0 Å². The van der Waals surface area contributed by atoms with Gasteiger partial charge in [-0.2, -0.15) is 0 Å². The molecule has 4 N–H and O–H groups in total. The van der Waals surface area contributed by atoms with Crippen LogP contribution in [0.25, 0.3) is 0 Å². The van der Waals surface area contributed by atoms with E-state index in [1.165, 1.54) is 13.8 Å². The zero-order valence-electron chi connectivity index (χ0n) is 28.5. The highest BCUT2D eigenvalue weighted by Gasteiger charge is 2.53. The molecule has 2 saturated heterocycles. The fourth-order valence-corrected chi connectivity index (χ4v) is 6.00. The lowest BCUT2D eigenvalue weighted by atomic mass is 9.97. The Morgan fingerprint density at radius 2 is 1.21 bits per heavy atom. The molecule has 0 saturated carbocycles. The second-order valence-corrected chi connectivity index (χ2v) is 12.9. The molecule has 5 unspecified atom stereocenters. The molecule has 276 valence electrons. The van der Waals surface area contributed by atoms with Crippen LogP contribution < -0.4 is 0 Å². The second-order valence-electron chi connectivity index (χ2n) is 12.9. The largest absolute Gasteiger partial charge is 0.463 e. The van der Waals surface area contributed by atoms with Crippen LogP contribution in [0.1, 0.15) is 104 Å². The summed E-state index contributed by atoms with van der Waals surface area (Å²) in [6.07, 6.45) is 0.483. The minimum Gasteiger partial charge on any atom is -0.463 e. The lowest BCUT2D eigenvalue weighted by molar-refractivity contribution is -0.371. The zero-order chi connectivity index (χ0) is 35.1. The molecule has 4 heterocycles. The van der Waals surface area contributed by atoms with Gasteiger partial charge in [-0.25, -0.2) is 0 Å². The summed E-state index contributed by atoms with van der Waals surface area (Å²) in [5.74, 6) is -1.86. The molecule has 0 radical (unpaired) electrons. The Morgan fingerprint density at radius 3 is 1.85 bits per heavy atom. The summed E-state index contributed by atoms with van der Waals surface area (Å²) in [5.41, 5.74) is 0. The zero-order valence-corrected chi connectivity index (χ0v) is 28.5. The number of hydrogen-bond donors (Lipinski definition) is 4. The molecule has 0 aromatic heterocycles. The van der Waals surface area contributed by atoms with Crippen molar-refractivity contribution in [3.63, 3.8) is 0 Å². The number of carbonyl (C=O) groups excluding carboxylic acids is 3. The van der Waals surface area contributed by atoms with Crippen molar-refractivity contribution < 1.29 is 68.0 Å². The highest BCUT2D eigenvalue weighted by atomic mass is 16.8. The summed E-state index contributed by atoms with van der Waals surface area (Å²) >= 11 is 0. The van der Waals surface area contributed by atoms with Crippen molar-refractivity contribution in [2.75, 3.05) is 13.2 Å². The maximum atomic E-state index is 12.7. The molecule has 48 heavy (non-hydrogen) atoms. The third-order valence-corrected chi connectivity index (χ3v) is 8.76. The Labute approximate surface area is 283 Å². The van der Waals surface area contributed by atoms with Crippen LogP contribution in [-0.4, -0.2) is 119 Å². The Morgan fingerprint density at radius 1 is 0.667 bits per heavy atom. The average molecular weight is 689 g/mol. The maximum Gasteiger partial charge on any atom is 0.306 e. The first-order chi connectivity index (χ1) is 23.0. The molecular weight excluding hydrogens is 632 g/mol. The monoisotopic (exact) mass is 688 g/mol. The Bertz CT molecular complexity index is 1010. The predicted octanol–water partition coefficient (Wildman–Crippen LogP) is 2.35. The van der Waals surface area contributed by atoms with E-state index in [9.17, 15) is 34.8 Å². The number of aliphatic hydroxyl groups is 4. The van der Waals surface area contributed by atoms with Gasteiger partial charge >= 0.3 is 17.9 Å². The molecule has 14 nitrogen and oxygen atoms in total. The molecule has 4 rings (SSSR count). The van der Waals surface area contributed by atoms with Gasteiger partial charge in [0.25, 0.3) is 0 Å². The van der Waals surface area contributed by atoms with E-state index in [0.29, 0.717) is 12.8 Å². The standard InChI is InChI=1S/C34H56O14/c1-21-17-15-13-11-9-7-5-4-6-8-10-12-14-16-18-26(37)47-31-25(20-43-23(3)36)46-33(30(41)29(31)40)48-32-28(39)27(38)24(19-42-22(2)35)45-34(32)44-21/h4-5,21,24-25,27-34,38-41H,6-20H2,1-3H3/b5-4-/t21?,24?,25?,27-,28+,29-,30?,31-,32?,33+,34-/m1/s1. The van der Waals surface area contributed by atoms with Gasteiger partial charge in [0, 0.05) is 20.3 Å². The first-order valence-electron chi connectivity index (χ1n) is 17.4. The van der Waals surface area contributed by atoms with E-state index in [2.05, 4.69) is 12.2 Å². The van der Waals surface area contributed by atoms with Gasteiger partial charge in [-0.1, -0.05) is 50.7 Å². The number of hydrogen-bond acceptors (Lipinski definition) is 14. The van der Waals surface area contributed by atoms with E-state index in [0.717, 1.165) is 64.2 Å². The number of aliphatic hydroxyl groups excluding tert-OH is 4. The van der Waals surface area contributed by atoms with Crippen LogP contribution >= 0.6 is 0 Å². The SMILES string of the molecule is CC(=O)OCC1O[C@H]2OC(C)CCCCCC/C=C\CCCCCCCC(=O)O[C@@H]3C(COC(C)=O)O[C@@H](OC2[C@@H](O)[C@@H]1O)C(O)[C@H]3O. The van der Waals surface area contributed by atoms with Crippen LogP contribution in [0.4, 0.5) is 0 Å². The summed E-state index contributed by atoms with van der Waals surface area (Å²) in [6.45, 7) is 3.42. The van der Waals surface area contributed by atoms with Crippen molar-refractivity contribution in [3.8, 4) is 0 Å². The van der Waals surface area contributed by atoms with Gasteiger partial charge in [0.05, 0.1) is 6.10 Å². The van der Waals surface area contributed by atoms with Gasteiger partial charge in [0.2, 0.25) is 0 Å². The lowest BCUT2D eigenvalue weighted by Crippen LogP contribution is -2.65. The summed E-state index contributed by atoms with van der Waals surface area (Å²) in [4.78, 5) is 35.8. The highest BCUT2D eigenvalue weighted by molar-refractivity contribution is 5.69. The molecule has 2 bridgehead atoms. The molecule has 4 aliphatic heterocycles. The highest BCUT2D eigenvalue weighted by Crippen LogP contribution is 2.32. The molecule has 14 heteroatoms. The fourth-order valence-electron chi connectivity index (χ4n) is 6.00. The summed E-state index contributed by atoms with van der Waals surface area (Å²) in [7, 11) is 0. The lowest BCUT2D eigenvalue weighted by Gasteiger charge is -2.47. The predicted molar refractivity (Wildman–Crippen MR) is 169 cm³/mol.